The molecular weight excluding hydrogens is 148 g/mol. The first-order chi connectivity index (χ1) is 5.54. The lowest BCUT2D eigenvalue weighted by atomic mass is 10.0. The molecule has 0 aromatic rings. The first-order valence-electron chi connectivity index (χ1n) is 4.99. The lowest BCUT2D eigenvalue weighted by Gasteiger charge is -2.31. The number of hydrogen-bond donors (Lipinski definition) is 1. The van der Waals surface area contributed by atoms with E-state index >= 15 is 0 Å². The van der Waals surface area contributed by atoms with Crippen LogP contribution < -0.4 is 5.73 Å². The van der Waals surface area contributed by atoms with Crippen LogP contribution in [0.3, 0.4) is 0 Å². The standard InChI is InChI=1S/C10H22N2/c1-10(2,3)12-7-5-9(8-12)4-6-11/h9H,4-8,11H2,1-3H3. The van der Waals surface area contributed by atoms with Gasteiger partial charge in [-0.2, -0.15) is 0 Å². The van der Waals surface area contributed by atoms with Crippen molar-refractivity contribution >= 4 is 0 Å². The van der Waals surface area contributed by atoms with Crippen LogP contribution in [0, 0.1) is 5.92 Å². The predicted molar refractivity (Wildman–Crippen MR) is 53.1 cm³/mol. The van der Waals surface area contributed by atoms with Crippen LogP contribution in [-0.2, 0) is 0 Å². The van der Waals surface area contributed by atoms with Gasteiger partial charge >= 0.3 is 0 Å². The number of nitrogens with two attached hydrogens (primary N) is 1. The molecule has 0 spiro atoms. The molecule has 0 aromatic carbocycles. The van der Waals surface area contributed by atoms with Crippen molar-refractivity contribution in [1.82, 2.24) is 4.90 Å². The topological polar surface area (TPSA) is 29.3 Å². The monoisotopic (exact) mass is 170 g/mol. The van der Waals surface area contributed by atoms with Crippen molar-refractivity contribution in [3.8, 4) is 0 Å². The van der Waals surface area contributed by atoms with Gasteiger partial charge in [-0.25, -0.2) is 0 Å². The van der Waals surface area contributed by atoms with Gasteiger partial charge in [-0.3, -0.25) is 4.90 Å². The molecule has 1 aliphatic rings. The molecule has 1 atom stereocenters. The molecule has 2 nitrogen and oxygen atoms in total. The van der Waals surface area contributed by atoms with Crippen molar-refractivity contribution in [2.45, 2.75) is 39.2 Å². The van der Waals surface area contributed by atoms with E-state index in [0.29, 0.717) is 5.54 Å². The molecule has 0 bridgehead atoms. The molecule has 2 heteroatoms. The molecular formula is C10H22N2. The SMILES string of the molecule is CC(C)(C)N1CCC(CCN)C1. The third-order valence-corrected chi connectivity index (χ3v) is 2.81. The maximum Gasteiger partial charge on any atom is 0.0125 e. The second-order valence-corrected chi connectivity index (χ2v) is 4.85. The quantitative estimate of drug-likeness (QED) is 0.680. The second kappa shape index (κ2) is 3.75. The Bertz CT molecular complexity index is 137. The Labute approximate surface area is 76.1 Å². The molecule has 1 heterocycles. The van der Waals surface area contributed by atoms with E-state index < -0.39 is 0 Å². The highest BCUT2D eigenvalue weighted by molar-refractivity contribution is 4.84. The minimum atomic E-state index is 0.351. The molecule has 0 aliphatic carbocycles. The van der Waals surface area contributed by atoms with E-state index in [-0.39, 0.29) is 0 Å². The van der Waals surface area contributed by atoms with Crippen molar-refractivity contribution < 1.29 is 0 Å². The summed E-state index contributed by atoms with van der Waals surface area (Å²) < 4.78 is 0. The third kappa shape index (κ3) is 2.46. The molecule has 1 aliphatic heterocycles. The van der Waals surface area contributed by atoms with Crippen LogP contribution >= 0.6 is 0 Å². The van der Waals surface area contributed by atoms with Crippen molar-refractivity contribution in [2.24, 2.45) is 11.7 Å². The summed E-state index contributed by atoms with van der Waals surface area (Å²) >= 11 is 0. The van der Waals surface area contributed by atoms with Crippen molar-refractivity contribution in [3.63, 3.8) is 0 Å². The summed E-state index contributed by atoms with van der Waals surface area (Å²) in [5.41, 5.74) is 5.89. The molecule has 12 heavy (non-hydrogen) atoms. The number of likely N-dealkylation sites (tertiary alicyclic amines) is 1. The van der Waals surface area contributed by atoms with E-state index in [0.717, 1.165) is 12.5 Å². The Kier molecular flexibility index (Phi) is 3.13. The van der Waals surface area contributed by atoms with Crippen LogP contribution in [0.2, 0.25) is 0 Å². The van der Waals surface area contributed by atoms with Crippen LogP contribution in [0.1, 0.15) is 33.6 Å². The summed E-state index contributed by atoms with van der Waals surface area (Å²) in [6.07, 6.45) is 2.54. The maximum absolute atomic E-state index is 5.54. The molecule has 72 valence electrons. The van der Waals surface area contributed by atoms with E-state index in [2.05, 4.69) is 25.7 Å². The third-order valence-electron chi connectivity index (χ3n) is 2.81. The zero-order valence-electron chi connectivity index (χ0n) is 8.64. The Morgan fingerprint density at radius 2 is 2.08 bits per heavy atom. The molecule has 2 N–H and O–H groups in total. The number of hydrogen-bond acceptors (Lipinski definition) is 2. The molecule has 1 fully saturated rings. The van der Waals surface area contributed by atoms with Gasteiger partial charge < -0.3 is 5.73 Å². The first-order valence-corrected chi connectivity index (χ1v) is 4.99. The van der Waals surface area contributed by atoms with Gasteiger partial charge in [-0.15, -0.1) is 0 Å². The lowest BCUT2D eigenvalue weighted by molar-refractivity contribution is 0.167. The van der Waals surface area contributed by atoms with Gasteiger partial charge in [0.25, 0.3) is 0 Å². The lowest BCUT2D eigenvalue weighted by Crippen LogP contribution is -2.39. The minimum absolute atomic E-state index is 0.351. The smallest absolute Gasteiger partial charge is 0.0125 e. The van der Waals surface area contributed by atoms with Gasteiger partial charge in [-0.05, 0) is 52.6 Å². The van der Waals surface area contributed by atoms with Crippen molar-refractivity contribution in [3.05, 3.63) is 0 Å². The summed E-state index contributed by atoms with van der Waals surface area (Å²) in [7, 11) is 0. The molecule has 0 amide bonds. The largest absolute Gasteiger partial charge is 0.330 e. The number of rotatable bonds is 2. The van der Waals surface area contributed by atoms with Crippen molar-refractivity contribution in [2.75, 3.05) is 19.6 Å². The van der Waals surface area contributed by atoms with Gasteiger partial charge in [0, 0.05) is 12.1 Å². The highest BCUT2D eigenvalue weighted by Crippen LogP contribution is 2.25. The Balaban J connectivity index is 2.35. The normalized spacial score (nSPS) is 26.5. The highest BCUT2D eigenvalue weighted by atomic mass is 15.2. The highest BCUT2D eigenvalue weighted by Gasteiger charge is 2.29. The molecule has 0 saturated carbocycles. The molecule has 1 rings (SSSR count). The minimum Gasteiger partial charge on any atom is -0.330 e. The summed E-state index contributed by atoms with van der Waals surface area (Å²) in [6.45, 7) is 10.2. The fraction of sp³-hybridized carbons (Fsp3) is 1.00. The van der Waals surface area contributed by atoms with Gasteiger partial charge in [0.2, 0.25) is 0 Å². The van der Waals surface area contributed by atoms with Crippen LogP contribution in [0.5, 0.6) is 0 Å². The summed E-state index contributed by atoms with van der Waals surface area (Å²) in [5, 5.41) is 0. The van der Waals surface area contributed by atoms with Crippen LogP contribution in [0.25, 0.3) is 0 Å². The van der Waals surface area contributed by atoms with E-state index in [1.54, 1.807) is 0 Å². The van der Waals surface area contributed by atoms with Crippen LogP contribution in [0.4, 0.5) is 0 Å². The first kappa shape index (κ1) is 10.0. The van der Waals surface area contributed by atoms with Crippen LogP contribution in [0.15, 0.2) is 0 Å². The summed E-state index contributed by atoms with van der Waals surface area (Å²) in [5.74, 6) is 0.856. The van der Waals surface area contributed by atoms with Gasteiger partial charge in [0.15, 0.2) is 0 Å². The van der Waals surface area contributed by atoms with Crippen LogP contribution in [-0.4, -0.2) is 30.1 Å². The summed E-state index contributed by atoms with van der Waals surface area (Å²) in [6, 6.07) is 0. The fourth-order valence-electron chi connectivity index (χ4n) is 1.91. The zero-order chi connectivity index (χ0) is 9.19. The Morgan fingerprint density at radius 3 is 2.50 bits per heavy atom. The van der Waals surface area contributed by atoms with E-state index in [4.69, 9.17) is 5.73 Å². The average Bonchev–Trinajstić information content (AvgIpc) is 2.35. The van der Waals surface area contributed by atoms with E-state index in [9.17, 15) is 0 Å². The summed E-state index contributed by atoms with van der Waals surface area (Å²) in [4.78, 5) is 2.56. The molecule has 0 radical (unpaired) electrons. The van der Waals surface area contributed by atoms with Gasteiger partial charge in [-0.1, -0.05) is 0 Å². The average molecular weight is 170 g/mol. The van der Waals surface area contributed by atoms with Gasteiger partial charge in [0.05, 0.1) is 0 Å². The molecule has 1 unspecified atom stereocenters. The molecule has 1 saturated heterocycles. The fourth-order valence-corrected chi connectivity index (χ4v) is 1.91. The van der Waals surface area contributed by atoms with E-state index in [1.165, 1.54) is 25.9 Å². The maximum atomic E-state index is 5.54. The Morgan fingerprint density at radius 1 is 1.42 bits per heavy atom. The molecule has 0 aromatic heterocycles. The van der Waals surface area contributed by atoms with E-state index in [1.807, 2.05) is 0 Å². The predicted octanol–water partition coefficient (Wildman–Crippen LogP) is 1.46. The second-order valence-electron chi connectivity index (χ2n) is 4.85. The Hall–Kier alpha value is -0.0800. The zero-order valence-corrected chi connectivity index (χ0v) is 8.64. The van der Waals surface area contributed by atoms with Gasteiger partial charge in [0.1, 0.15) is 0 Å². The van der Waals surface area contributed by atoms with Crippen molar-refractivity contribution in [1.29, 1.82) is 0 Å². The number of nitrogens with zero attached hydrogens (tertiary/aromatic N) is 1.